The Balaban J connectivity index is 2.46. The molecule has 0 aliphatic heterocycles. The number of ether oxygens (including phenoxy) is 2. The molecule has 0 aliphatic rings. The SMILES string of the molecule is CCOCCOc1c(Cl)cc(S(=O)(=O)NCCN)c2ccccc12. The van der Waals surface area contributed by atoms with Gasteiger partial charge in [-0.25, -0.2) is 13.1 Å². The van der Waals surface area contributed by atoms with E-state index in [1.54, 1.807) is 24.3 Å². The van der Waals surface area contributed by atoms with Crippen molar-refractivity contribution in [3.05, 3.63) is 35.4 Å². The second kappa shape index (κ2) is 8.64. The van der Waals surface area contributed by atoms with Gasteiger partial charge in [-0.15, -0.1) is 0 Å². The lowest BCUT2D eigenvalue weighted by atomic mass is 10.1. The number of benzene rings is 2. The van der Waals surface area contributed by atoms with Gasteiger partial charge in [-0.3, -0.25) is 0 Å². The lowest BCUT2D eigenvalue weighted by Gasteiger charge is -2.15. The van der Waals surface area contributed by atoms with Gasteiger partial charge in [0.25, 0.3) is 0 Å². The van der Waals surface area contributed by atoms with Gasteiger partial charge in [-0.2, -0.15) is 0 Å². The molecular formula is C16H21ClN2O4S. The normalized spacial score (nSPS) is 11.8. The number of hydrogen-bond donors (Lipinski definition) is 2. The average Bonchev–Trinajstić information content (AvgIpc) is 2.58. The average molecular weight is 373 g/mol. The fourth-order valence-corrected chi connectivity index (χ4v) is 3.88. The van der Waals surface area contributed by atoms with Crippen molar-refractivity contribution >= 4 is 32.4 Å². The Bertz CT molecular complexity index is 796. The second-order valence-corrected chi connectivity index (χ2v) is 7.11. The van der Waals surface area contributed by atoms with Crippen molar-refractivity contribution < 1.29 is 17.9 Å². The molecule has 24 heavy (non-hydrogen) atoms. The molecule has 0 amide bonds. The van der Waals surface area contributed by atoms with Gasteiger partial charge in [-0.1, -0.05) is 35.9 Å². The van der Waals surface area contributed by atoms with E-state index in [0.29, 0.717) is 36.3 Å². The highest BCUT2D eigenvalue weighted by Crippen LogP contribution is 2.37. The minimum absolute atomic E-state index is 0.105. The maximum atomic E-state index is 12.5. The van der Waals surface area contributed by atoms with Gasteiger partial charge in [-0.05, 0) is 13.0 Å². The third kappa shape index (κ3) is 4.37. The zero-order chi connectivity index (χ0) is 17.6. The molecule has 0 saturated carbocycles. The monoisotopic (exact) mass is 372 g/mol. The quantitative estimate of drug-likeness (QED) is 0.658. The van der Waals surface area contributed by atoms with Gasteiger partial charge in [0, 0.05) is 30.5 Å². The fourth-order valence-electron chi connectivity index (χ4n) is 2.27. The lowest BCUT2D eigenvalue weighted by Crippen LogP contribution is -2.29. The van der Waals surface area contributed by atoms with Crippen LogP contribution in [0.4, 0.5) is 0 Å². The fraction of sp³-hybridized carbons (Fsp3) is 0.375. The molecule has 8 heteroatoms. The van der Waals surface area contributed by atoms with Crippen LogP contribution in [-0.4, -0.2) is 41.3 Å². The summed E-state index contributed by atoms with van der Waals surface area (Å²) in [5.41, 5.74) is 5.38. The van der Waals surface area contributed by atoms with Gasteiger partial charge >= 0.3 is 0 Å². The van der Waals surface area contributed by atoms with Gasteiger partial charge < -0.3 is 15.2 Å². The Morgan fingerprint density at radius 2 is 1.92 bits per heavy atom. The Hall–Kier alpha value is -1.38. The maximum Gasteiger partial charge on any atom is 0.241 e. The minimum Gasteiger partial charge on any atom is -0.489 e. The van der Waals surface area contributed by atoms with Crippen LogP contribution in [-0.2, 0) is 14.8 Å². The highest BCUT2D eigenvalue weighted by Gasteiger charge is 2.21. The van der Waals surface area contributed by atoms with E-state index in [1.807, 2.05) is 6.92 Å². The summed E-state index contributed by atoms with van der Waals surface area (Å²) in [6.07, 6.45) is 0. The molecule has 0 unspecified atom stereocenters. The van der Waals surface area contributed by atoms with E-state index in [2.05, 4.69) is 4.72 Å². The van der Waals surface area contributed by atoms with Crippen LogP contribution in [0.15, 0.2) is 35.2 Å². The molecule has 0 radical (unpaired) electrons. The summed E-state index contributed by atoms with van der Waals surface area (Å²) in [5.74, 6) is 0.449. The van der Waals surface area contributed by atoms with E-state index >= 15 is 0 Å². The van der Waals surface area contributed by atoms with Crippen molar-refractivity contribution in [3.63, 3.8) is 0 Å². The lowest BCUT2D eigenvalue weighted by molar-refractivity contribution is 0.111. The van der Waals surface area contributed by atoms with Crippen molar-refractivity contribution in [1.29, 1.82) is 0 Å². The van der Waals surface area contributed by atoms with Crippen molar-refractivity contribution in [3.8, 4) is 5.75 Å². The molecular weight excluding hydrogens is 352 g/mol. The standard InChI is InChI=1S/C16H21ClN2O4S/c1-2-22-9-10-23-16-13-6-4-3-5-12(13)15(11-14(16)17)24(20,21)19-8-7-18/h3-6,11,19H,2,7-10,18H2,1H3. The number of sulfonamides is 1. The Labute approximate surface area is 146 Å². The van der Waals surface area contributed by atoms with Gasteiger partial charge in [0.05, 0.1) is 16.5 Å². The number of hydrogen-bond acceptors (Lipinski definition) is 5. The van der Waals surface area contributed by atoms with Gasteiger partial charge in [0.2, 0.25) is 10.0 Å². The summed E-state index contributed by atoms with van der Waals surface area (Å²) in [5, 5.41) is 1.41. The third-order valence-electron chi connectivity index (χ3n) is 3.32. The molecule has 2 aromatic carbocycles. The van der Waals surface area contributed by atoms with E-state index in [4.69, 9.17) is 26.8 Å². The predicted molar refractivity (Wildman–Crippen MR) is 95.2 cm³/mol. The highest BCUT2D eigenvalue weighted by molar-refractivity contribution is 7.89. The van der Waals surface area contributed by atoms with E-state index in [1.165, 1.54) is 6.07 Å². The number of halogens is 1. The molecule has 0 fully saturated rings. The van der Waals surface area contributed by atoms with E-state index in [0.717, 1.165) is 0 Å². The summed E-state index contributed by atoms with van der Waals surface area (Å²) in [7, 11) is -3.71. The third-order valence-corrected chi connectivity index (χ3v) is 5.10. The number of fused-ring (bicyclic) bond motifs is 1. The van der Waals surface area contributed by atoms with Crippen LogP contribution < -0.4 is 15.2 Å². The molecule has 6 nitrogen and oxygen atoms in total. The summed E-state index contributed by atoms with van der Waals surface area (Å²) in [6.45, 7) is 3.62. The van der Waals surface area contributed by atoms with Crippen LogP contribution in [0.1, 0.15) is 6.92 Å². The first-order valence-electron chi connectivity index (χ1n) is 7.62. The first-order valence-corrected chi connectivity index (χ1v) is 9.49. The van der Waals surface area contributed by atoms with Crippen molar-refractivity contribution in [2.45, 2.75) is 11.8 Å². The predicted octanol–water partition coefficient (Wildman–Crippen LogP) is 2.15. The number of nitrogens with one attached hydrogen (secondary N) is 1. The topological polar surface area (TPSA) is 90.6 Å². The number of nitrogens with two attached hydrogens (primary N) is 1. The summed E-state index contributed by atoms with van der Waals surface area (Å²) in [4.78, 5) is 0.105. The van der Waals surface area contributed by atoms with Crippen molar-refractivity contribution in [2.75, 3.05) is 32.9 Å². The first kappa shape index (κ1) is 19.0. The Kier molecular flexibility index (Phi) is 6.82. The summed E-state index contributed by atoms with van der Waals surface area (Å²) in [6, 6.07) is 8.47. The smallest absolute Gasteiger partial charge is 0.241 e. The van der Waals surface area contributed by atoms with Crippen LogP contribution >= 0.6 is 11.6 Å². The van der Waals surface area contributed by atoms with E-state index < -0.39 is 10.0 Å². The Morgan fingerprint density at radius 3 is 2.58 bits per heavy atom. The molecule has 0 bridgehead atoms. The molecule has 0 aromatic heterocycles. The summed E-state index contributed by atoms with van der Waals surface area (Å²) >= 11 is 6.28. The van der Waals surface area contributed by atoms with Crippen LogP contribution in [0.25, 0.3) is 10.8 Å². The zero-order valence-corrected chi connectivity index (χ0v) is 15.0. The molecule has 0 atom stereocenters. The largest absolute Gasteiger partial charge is 0.489 e. The first-order chi connectivity index (χ1) is 11.5. The molecule has 0 spiro atoms. The highest BCUT2D eigenvalue weighted by atomic mass is 35.5. The zero-order valence-electron chi connectivity index (χ0n) is 13.4. The van der Waals surface area contributed by atoms with Crippen LogP contribution in [0.3, 0.4) is 0 Å². The van der Waals surface area contributed by atoms with Crippen LogP contribution in [0.2, 0.25) is 5.02 Å². The molecule has 2 aromatic rings. The van der Waals surface area contributed by atoms with Gasteiger partial charge in [0.1, 0.15) is 12.4 Å². The molecule has 0 heterocycles. The minimum atomic E-state index is -3.71. The molecule has 3 N–H and O–H groups in total. The van der Waals surface area contributed by atoms with Crippen molar-refractivity contribution in [1.82, 2.24) is 4.72 Å². The molecule has 0 saturated heterocycles. The number of rotatable bonds is 9. The molecule has 132 valence electrons. The van der Waals surface area contributed by atoms with Gasteiger partial charge in [0.15, 0.2) is 0 Å². The Morgan fingerprint density at radius 1 is 1.21 bits per heavy atom. The van der Waals surface area contributed by atoms with Crippen LogP contribution in [0.5, 0.6) is 5.75 Å². The van der Waals surface area contributed by atoms with Crippen LogP contribution in [0, 0.1) is 0 Å². The van der Waals surface area contributed by atoms with E-state index in [9.17, 15) is 8.42 Å². The second-order valence-electron chi connectivity index (χ2n) is 4.96. The summed E-state index contributed by atoms with van der Waals surface area (Å²) < 4.78 is 38.4. The van der Waals surface area contributed by atoms with E-state index in [-0.39, 0.29) is 23.0 Å². The van der Waals surface area contributed by atoms with Crippen molar-refractivity contribution in [2.24, 2.45) is 5.73 Å². The maximum absolute atomic E-state index is 12.5. The molecule has 0 aliphatic carbocycles. The molecule has 2 rings (SSSR count).